The Morgan fingerprint density at radius 1 is 1.42 bits per heavy atom. The van der Waals surface area contributed by atoms with Crippen LogP contribution in [-0.2, 0) is 0 Å². The summed E-state index contributed by atoms with van der Waals surface area (Å²) in [5.41, 5.74) is 1.69. The van der Waals surface area contributed by atoms with Crippen LogP contribution in [0.15, 0.2) is 28.7 Å². The second kappa shape index (κ2) is 5.17. The Hall–Kier alpha value is -0.540. The van der Waals surface area contributed by atoms with Gasteiger partial charge in [0.15, 0.2) is 0 Å². The van der Waals surface area contributed by atoms with Crippen LogP contribution in [0.3, 0.4) is 0 Å². The molecule has 0 saturated carbocycles. The minimum atomic E-state index is 0.675. The lowest BCUT2D eigenvalue weighted by Gasteiger charge is -1.90. The van der Waals surface area contributed by atoms with Crippen molar-refractivity contribution in [3.8, 4) is 6.07 Å². The molecule has 4 heteroatoms. The van der Waals surface area contributed by atoms with Gasteiger partial charge in [0.1, 0.15) is 0 Å². The van der Waals surface area contributed by atoms with Gasteiger partial charge >= 0.3 is 0 Å². The molecule has 0 aliphatic rings. The molecule has 0 aliphatic heterocycles. The first-order valence-electron chi connectivity index (χ1n) is 3.18. The van der Waals surface area contributed by atoms with E-state index in [1.54, 1.807) is 18.3 Å². The molecule has 0 spiro atoms. The molecular formula is C8H5IN2S. The molecule has 0 bridgehead atoms. The molecule has 2 nitrogen and oxygen atoms in total. The van der Waals surface area contributed by atoms with Crippen molar-refractivity contribution in [2.24, 2.45) is 4.40 Å². The van der Waals surface area contributed by atoms with Crippen molar-refractivity contribution in [2.75, 3.05) is 0 Å². The molecule has 0 radical (unpaired) electrons. The van der Waals surface area contributed by atoms with Crippen LogP contribution in [0.4, 0.5) is 0 Å². The highest BCUT2D eigenvalue weighted by Crippen LogP contribution is 2.11. The van der Waals surface area contributed by atoms with E-state index in [-0.39, 0.29) is 0 Å². The van der Waals surface area contributed by atoms with Crippen molar-refractivity contribution in [2.45, 2.75) is 0 Å². The van der Waals surface area contributed by atoms with E-state index in [1.165, 1.54) is 9.12 Å². The second-order valence-corrected chi connectivity index (χ2v) is 3.57. The van der Waals surface area contributed by atoms with E-state index in [0.717, 1.165) is 5.56 Å². The van der Waals surface area contributed by atoms with Crippen LogP contribution in [0.1, 0.15) is 11.1 Å². The summed E-state index contributed by atoms with van der Waals surface area (Å²) < 4.78 is 3.99. The van der Waals surface area contributed by atoms with E-state index in [2.05, 4.69) is 31.7 Å². The van der Waals surface area contributed by atoms with Crippen LogP contribution in [0.25, 0.3) is 0 Å². The SMILES string of the molecule is N#Cc1ccc(/C=N/SI)cc1. The number of halogens is 1. The van der Waals surface area contributed by atoms with Crippen molar-refractivity contribution in [1.29, 1.82) is 5.26 Å². The summed E-state index contributed by atoms with van der Waals surface area (Å²) in [7, 11) is 1.38. The van der Waals surface area contributed by atoms with Gasteiger partial charge in [-0.1, -0.05) is 12.1 Å². The predicted molar refractivity (Wildman–Crippen MR) is 60.4 cm³/mol. The van der Waals surface area contributed by atoms with Crippen LogP contribution in [-0.4, -0.2) is 6.21 Å². The lowest BCUT2D eigenvalue weighted by molar-refractivity contribution is 1.48. The largest absolute Gasteiger partial charge is 0.213 e. The van der Waals surface area contributed by atoms with Crippen molar-refractivity contribution in [3.05, 3.63) is 35.4 Å². The van der Waals surface area contributed by atoms with E-state index >= 15 is 0 Å². The van der Waals surface area contributed by atoms with Crippen LogP contribution < -0.4 is 0 Å². The number of hydrogen-bond donors (Lipinski definition) is 0. The smallest absolute Gasteiger partial charge is 0.0991 e. The Balaban J connectivity index is 2.80. The van der Waals surface area contributed by atoms with E-state index in [0.29, 0.717) is 5.56 Å². The maximum atomic E-state index is 8.52. The Kier molecular flexibility index (Phi) is 4.11. The topological polar surface area (TPSA) is 36.1 Å². The highest BCUT2D eigenvalue weighted by molar-refractivity contribution is 14.2. The van der Waals surface area contributed by atoms with Crippen LogP contribution in [0.5, 0.6) is 0 Å². The van der Waals surface area contributed by atoms with Crippen molar-refractivity contribution in [3.63, 3.8) is 0 Å². The molecule has 0 aliphatic carbocycles. The minimum absolute atomic E-state index is 0.675. The molecule has 1 rings (SSSR count). The molecule has 60 valence electrons. The maximum Gasteiger partial charge on any atom is 0.0991 e. The molecule has 0 heterocycles. The van der Waals surface area contributed by atoms with E-state index in [4.69, 9.17) is 5.26 Å². The summed E-state index contributed by atoms with van der Waals surface area (Å²) in [4.78, 5) is 0. The lowest BCUT2D eigenvalue weighted by Crippen LogP contribution is -1.79. The summed E-state index contributed by atoms with van der Waals surface area (Å²) in [6.45, 7) is 0. The maximum absolute atomic E-state index is 8.52. The van der Waals surface area contributed by atoms with Crippen molar-refractivity contribution < 1.29 is 0 Å². The summed E-state index contributed by atoms with van der Waals surface area (Å²) in [6, 6.07) is 9.35. The summed E-state index contributed by atoms with van der Waals surface area (Å²) in [5.74, 6) is 0. The summed E-state index contributed by atoms with van der Waals surface area (Å²) in [5, 5.41) is 8.52. The van der Waals surface area contributed by atoms with Gasteiger partial charge in [-0.05, 0) is 17.7 Å². The highest BCUT2D eigenvalue weighted by atomic mass is 127. The first-order chi connectivity index (χ1) is 5.86. The third-order valence-corrected chi connectivity index (χ3v) is 2.15. The fourth-order valence-corrected chi connectivity index (χ4v) is 1.23. The van der Waals surface area contributed by atoms with E-state index < -0.39 is 0 Å². The Morgan fingerprint density at radius 3 is 2.58 bits per heavy atom. The van der Waals surface area contributed by atoms with Gasteiger partial charge < -0.3 is 0 Å². The molecule has 0 unspecified atom stereocenters. The zero-order valence-corrected chi connectivity index (χ0v) is 9.04. The molecule has 1 aromatic rings. The molecule has 12 heavy (non-hydrogen) atoms. The highest BCUT2D eigenvalue weighted by Gasteiger charge is 1.88. The van der Waals surface area contributed by atoms with Crippen molar-refractivity contribution >= 4 is 36.5 Å². The Morgan fingerprint density at radius 2 is 2.08 bits per heavy atom. The fourth-order valence-electron chi connectivity index (χ4n) is 0.725. The van der Waals surface area contributed by atoms with E-state index in [1.807, 2.05) is 12.1 Å². The summed E-state index contributed by atoms with van der Waals surface area (Å²) >= 11 is 2.09. The zero-order valence-electron chi connectivity index (χ0n) is 6.07. The van der Waals surface area contributed by atoms with Gasteiger partial charge in [-0.25, -0.2) is 4.40 Å². The molecular weight excluding hydrogens is 283 g/mol. The van der Waals surface area contributed by atoms with Gasteiger partial charge in [0.2, 0.25) is 0 Å². The molecule has 0 amide bonds. The second-order valence-electron chi connectivity index (χ2n) is 2.04. The van der Waals surface area contributed by atoms with Gasteiger partial charge in [-0.3, -0.25) is 0 Å². The zero-order chi connectivity index (χ0) is 8.81. The van der Waals surface area contributed by atoms with Gasteiger partial charge in [0.05, 0.1) is 11.6 Å². The number of nitriles is 1. The third-order valence-electron chi connectivity index (χ3n) is 1.28. The third kappa shape index (κ3) is 2.83. The van der Waals surface area contributed by atoms with Crippen LogP contribution >= 0.6 is 30.3 Å². The monoisotopic (exact) mass is 288 g/mol. The number of rotatable bonds is 2. The quantitative estimate of drug-likeness (QED) is 0.476. The number of hydrogen-bond acceptors (Lipinski definition) is 3. The fraction of sp³-hybridized carbons (Fsp3) is 0. The normalized spacial score (nSPS) is 10.0. The van der Waals surface area contributed by atoms with Gasteiger partial charge in [0, 0.05) is 36.5 Å². The van der Waals surface area contributed by atoms with Gasteiger partial charge in [-0.15, -0.1) is 0 Å². The van der Waals surface area contributed by atoms with E-state index in [9.17, 15) is 0 Å². The molecule has 0 atom stereocenters. The molecule has 0 saturated heterocycles. The van der Waals surface area contributed by atoms with Gasteiger partial charge in [0.25, 0.3) is 0 Å². The summed E-state index contributed by atoms with van der Waals surface area (Å²) in [6.07, 6.45) is 1.76. The first kappa shape index (κ1) is 9.55. The minimum Gasteiger partial charge on any atom is -0.213 e. The molecule has 1 aromatic carbocycles. The lowest BCUT2D eigenvalue weighted by atomic mass is 10.2. The van der Waals surface area contributed by atoms with Crippen molar-refractivity contribution in [1.82, 2.24) is 0 Å². The first-order valence-corrected chi connectivity index (χ1v) is 6.49. The molecule has 0 aromatic heterocycles. The molecule has 0 N–H and O–H groups in total. The number of nitrogens with zero attached hydrogens (tertiary/aromatic N) is 2. The average molecular weight is 288 g/mol. The molecule has 0 fully saturated rings. The Bertz CT molecular complexity index is 313. The predicted octanol–water partition coefficient (Wildman–Crippen LogP) is 2.98. The average Bonchev–Trinajstić information content (AvgIpc) is 2.15. The van der Waals surface area contributed by atoms with Crippen LogP contribution in [0, 0.1) is 11.3 Å². The van der Waals surface area contributed by atoms with Gasteiger partial charge in [-0.2, -0.15) is 5.26 Å². The Labute approximate surface area is 87.4 Å². The van der Waals surface area contributed by atoms with Crippen LogP contribution in [0.2, 0.25) is 0 Å². The number of benzene rings is 1. The standard InChI is InChI=1S/C8H5IN2S/c9-12-11-6-8-3-1-7(5-10)2-4-8/h1-4,6H/b11-6+.